The van der Waals surface area contributed by atoms with Crippen molar-refractivity contribution >= 4 is 50.9 Å². The van der Waals surface area contributed by atoms with Crippen molar-refractivity contribution in [2.75, 3.05) is 29.9 Å². The number of fused-ring (bicyclic) bond motifs is 6. The van der Waals surface area contributed by atoms with Crippen LogP contribution >= 0.6 is 11.6 Å². The number of piperazine rings is 1. The van der Waals surface area contributed by atoms with Gasteiger partial charge in [-0.1, -0.05) is 38.1 Å². The Balaban J connectivity index is 1.59. The van der Waals surface area contributed by atoms with Gasteiger partial charge in [-0.2, -0.15) is 0 Å². The molecule has 1 aromatic carbocycles. The lowest BCUT2D eigenvalue weighted by Crippen LogP contribution is -2.62. The van der Waals surface area contributed by atoms with E-state index in [4.69, 9.17) is 21.6 Å². The number of rotatable bonds is 4. The number of hydrogen-bond donors (Lipinski definition) is 2. The molecule has 2 aliphatic heterocycles. The third kappa shape index (κ3) is 4.58. The van der Waals surface area contributed by atoms with E-state index in [9.17, 15) is 14.4 Å². The SMILES string of the molecule is C=CC(=O)N1CC2CNc3c(c4cc(Cl)c(-c5c(C)ccc6[nH]c(=O)n(C)c56)nc4n(-c4c(C)ccnc4C(C)C)c3=O)N2CC1C. The third-order valence-electron chi connectivity index (χ3n) is 9.61. The maximum atomic E-state index is 14.8. The van der Waals surface area contributed by atoms with Crippen molar-refractivity contribution in [3.63, 3.8) is 0 Å². The second-order valence-corrected chi connectivity index (χ2v) is 13.4. The Bertz CT molecular complexity index is 2270. The molecule has 1 amide bonds. The zero-order chi connectivity index (χ0) is 33.5. The number of anilines is 2. The van der Waals surface area contributed by atoms with E-state index in [0.717, 1.165) is 16.8 Å². The number of halogens is 1. The van der Waals surface area contributed by atoms with E-state index in [0.29, 0.717) is 75.0 Å². The highest BCUT2D eigenvalue weighted by atomic mass is 35.5. The third-order valence-corrected chi connectivity index (χ3v) is 9.89. The Labute approximate surface area is 276 Å². The fraction of sp³-hybridized carbons (Fsp3) is 0.343. The van der Waals surface area contributed by atoms with Gasteiger partial charge in [-0.15, -0.1) is 0 Å². The van der Waals surface area contributed by atoms with Crippen molar-refractivity contribution in [3.8, 4) is 16.9 Å². The van der Waals surface area contributed by atoms with Crippen LogP contribution in [0.2, 0.25) is 5.02 Å². The maximum absolute atomic E-state index is 14.8. The van der Waals surface area contributed by atoms with Gasteiger partial charge in [-0.25, -0.2) is 9.78 Å². The van der Waals surface area contributed by atoms with Gasteiger partial charge >= 0.3 is 5.69 Å². The van der Waals surface area contributed by atoms with Crippen molar-refractivity contribution in [1.29, 1.82) is 0 Å². The number of benzene rings is 1. The summed E-state index contributed by atoms with van der Waals surface area (Å²) in [5.74, 6) is -0.0942. The van der Waals surface area contributed by atoms with Crippen molar-refractivity contribution in [3.05, 3.63) is 85.8 Å². The molecular weight excluding hydrogens is 616 g/mol. The Morgan fingerprint density at radius 3 is 2.62 bits per heavy atom. The van der Waals surface area contributed by atoms with Crippen molar-refractivity contribution in [2.24, 2.45) is 7.05 Å². The van der Waals surface area contributed by atoms with Gasteiger partial charge in [0.2, 0.25) is 5.91 Å². The normalized spacial score (nSPS) is 17.6. The summed E-state index contributed by atoms with van der Waals surface area (Å²) in [6, 6.07) is 7.37. The number of pyridine rings is 3. The van der Waals surface area contributed by atoms with Crippen LogP contribution in [0.3, 0.4) is 0 Å². The monoisotopic (exact) mass is 652 g/mol. The molecule has 2 unspecified atom stereocenters. The molecule has 5 aromatic rings. The fourth-order valence-corrected chi connectivity index (χ4v) is 7.51. The molecule has 0 aliphatic carbocycles. The number of aromatic nitrogens is 5. The number of imidazole rings is 1. The quantitative estimate of drug-likeness (QED) is 0.261. The molecule has 47 heavy (non-hydrogen) atoms. The first-order chi connectivity index (χ1) is 22.4. The number of nitrogens with one attached hydrogen (secondary N) is 2. The molecule has 0 bridgehead atoms. The summed E-state index contributed by atoms with van der Waals surface area (Å²) in [6.45, 7) is 15.2. The summed E-state index contributed by atoms with van der Waals surface area (Å²) >= 11 is 7.19. The van der Waals surface area contributed by atoms with Gasteiger partial charge in [0.15, 0.2) is 0 Å². The van der Waals surface area contributed by atoms with E-state index in [1.807, 2.05) is 49.9 Å². The summed E-state index contributed by atoms with van der Waals surface area (Å²) in [7, 11) is 1.71. The van der Waals surface area contributed by atoms with E-state index in [1.54, 1.807) is 22.4 Å². The lowest BCUT2D eigenvalue weighted by atomic mass is 9.98. The molecule has 242 valence electrons. The molecule has 2 aliphatic rings. The lowest BCUT2D eigenvalue weighted by molar-refractivity contribution is -0.128. The average molecular weight is 653 g/mol. The Kier molecular flexibility index (Phi) is 7.27. The maximum Gasteiger partial charge on any atom is 0.326 e. The van der Waals surface area contributed by atoms with Crippen LogP contribution in [0.15, 0.2) is 52.7 Å². The first kappa shape index (κ1) is 30.7. The molecule has 2 N–H and O–H groups in total. The second-order valence-electron chi connectivity index (χ2n) is 12.9. The van der Waals surface area contributed by atoms with Crippen LogP contribution in [-0.2, 0) is 11.8 Å². The Morgan fingerprint density at radius 2 is 1.89 bits per heavy atom. The van der Waals surface area contributed by atoms with Crippen molar-refractivity contribution in [1.82, 2.24) is 29.0 Å². The molecule has 1 fully saturated rings. The van der Waals surface area contributed by atoms with Crippen LogP contribution in [0.1, 0.15) is 43.5 Å². The molecule has 6 heterocycles. The molecule has 1 saturated heterocycles. The van der Waals surface area contributed by atoms with Crippen LogP contribution in [0.25, 0.3) is 39.0 Å². The van der Waals surface area contributed by atoms with Crippen molar-refractivity contribution in [2.45, 2.75) is 52.6 Å². The zero-order valence-electron chi connectivity index (χ0n) is 27.3. The summed E-state index contributed by atoms with van der Waals surface area (Å²) in [4.78, 5) is 57.2. The minimum absolute atomic E-state index is 0.0219. The standard InChI is InChI=1S/C35H37ClN8O3/c1-8-25(45)42-16-21-14-38-29-31(43(21)15-20(42)6)22-13-23(36)28(26-18(4)9-10-24-32(26)41(7)35(47)39-24)40-33(22)44(34(29)46)30-19(5)11-12-37-27(30)17(2)3/h8-13,17,20-21,38H,1,14-16H2,2-7H3,(H,39,47). The average Bonchev–Trinajstić information content (AvgIpc) is 3.33. The lowest BCUT2D eigenvalue weighted by Gasteiger charge is -2.49. The summed E-state index contributed by atoms with van der Waals surface area (Å²) < 4.78 is 3.23. The number of hydrogen-bond acceptors (Lipinski definition) is 7. The highest BCUT2D eigenvalue weighted by molar-refractivity contribution is 6.34. The molecule has 0 saturated carbocycles. The van der Waals surface area contributed by atoms with Crippen LogP contribution in [0, 0.1) is 13.8 Å². The van der Waals surface area contributed by atoms with Crippen LogP contribution in [-0.4, -0.2) is 66.6 Å². The van der Waals surface area contributed by atoms with Crippen LogP contribution < -0.4 is 21.5 Å². The molecule has 7 rings (SSSR count). The number of nitrogens with zero attached hydrogens (tertiary/aromatic N) is 6. The van der Waals surface area contributed by atoms with Gasteiger partial charge in [0, 0.05) is 49.9 Å². The largest absolute Gasteiger partial charge is 0.377 e. The van der Waals surface area contributed by atoms with Gasteiger partial charge in [0.25, 0.3) is 5.56 Å². The van der Waals surface area contributed by atoms with Crippen LogP contribution in [0.5, 0.6) is 0 Å². The minimum atomic E-state index is -0.248. The number of carbonyl (C=O) groups excluding carboxylic acids is 1. The molecular formula is C35H37ClN8O3. The van der Waals surface area contributed by atoms with Crippen LogP contribution in [0.4, 0.5) is 11.4 Å². The summed E-state index contributed by atoms with van der Waals surface area (Å²) in [5, 5.41) is 4.52. The number of aromatic amines is 1. The predicted octanol–water partition coefficient (Wildman–Crippen LogP) is 5.04. The summed E-state index contributed by atoms with van der Waals surface area (Å²) in [6.07, 6.45) is 3.11. The van der Waals surface area contributed by atoms with E-state index in [2.05, 4.69) is 35.6 Å². The predicted molar refractivity (Wildman–Crippen MR) is 187 cm³/mol. The number of H-pyrrole nitrogens is 1. The molecule has 2 atom stereocenters. The number of carbonyl (C=O) groups is 1. The molecule has 12 heteroatoms. The Hall–Kier alpha value is -4.90. The highest BCUT2D eigenvalue weighted by Crippen LogP contribution is 2.43. The van der Waals surface area contributed by atoms with Gasteiger partial charge in [-0.05, 0) is 62.1 Å². The van der Waals surface area contributed by atoms with Gasteiger partial charge in [0.1, 0.15) is 11.3 Å². The van der Waals surface area contributed by atoms with Gasteiger partial charge in [-0.3, -0.25) is 23.7 Å². The fourth-order valence-electron chi connectivity index (χ4n) is 7.26. The van der Waals surface area contributed by atoms with Gasteiger partial charge in [0.05, 0.1) is 44.9 Å². The highest BCUT2D eigenvalue weighted by Gasteiger charge is 2.39. The zero-order valence-corrected chi connectivity index (χ0v) is 28.1. The number of aryl methyl sites for hydroxylation is 3. The minimum Gasteiger partial charge on any atom is -0.377 e. The van der Waals surface area contributed by atoms with E-state index < -0.39 is 0 Å². The molecule has 0 spiro atoms. The Morgan fingerprint density at radius 1 is 1.13 bits per heavy atom. The molecule has 4 aromatic heterocycles. The van der Waals surface area contributed by atoms with E-state index >= 15 is 0 Å². The second kappa shape index (κ2) is 11.1. The van der Waals surface area contributed by atoms with E-state index in [-0.39, 0.29) is 35.2 Å². The molecule has 11 nitrogen and oxygen atoms in total. The smallest absolute Gasteiger partial charge is 0.326 e. The first-order valence-corrected chi connectivity index (χ1v) is 16.2. The molecule has 0 radical (unpaired) electrons. The topological polar surface area (TPSA) is 121 Å². The number of amides is 1. The van der Waals surface area contributed by atoms with E-state index in [1.165, 1.54) is 6.08 Å². The van der Waals surface area contributed by atoms with Gasteiger partial charge < -0.3 is 20.1 Å². The summed E-state index contributed by atoms with van der Waals surface area (Å²) in [5.41, 5.74) is 6.85. The first-order valence-electron chi connectivity index (χ1n) is 15.8. The van der Waals surface area contributed by atoms with Crippen molar-refractivity contribution < 1.29 is 4.79 Å².